The Bertz CT molecular complexity index is 553. The second-order valence-corrected chi connectivity index (χ2v) is 5.21. The Labute approximate surface area is 117 Å². The van der Waals surface area contributed by atoms with Crippen molar-refractivity contribution in [2.24, 2.45) is 11.8 Å². The van der Waals surface area contributed by atoms with E-state index in [1.807, 2.05) is 6.92 Å². The van der Waals surface area contributed by atoms with Gasteiger partial charge in [0.1, 0.15) is 5.82 Å². The van der Waals surface area contributed by atoms with Crippen LogP contribution in [0.5, 0.6) is 0 Å². The minimum absolute atomic E-state index is 0.154. The lowest BCUT2D eigenvalue weighted by Crippen LogP contribution is -2.24. The molecule has 2 unspecified atom stereocenters. The zero-order chi connectivity index (χ0) is 14.7. The normalized spacial score (nSPS) is 22.5. The van der Waals surface area contributed by atoms with Crippen molar-refractivity contribution in [3.8, 4) is 6.07 Å². The molecule has 2 atom stereocenters. The maximum absolute atomic E-state index is 13.3. The fraction of sp³-hybridized carbons (Fsp3) is 0.467. The Kier molecular flexibility index (Phi) is 4.35. The molecule has 0 radical (unpaired) electrons. The fourth-order valence-electron chi connectivity index (χ4n) is 2.70. The predicted molar refractivity (Wildman–Crippen MR) is 71.1 cm³/mol. The summed E-state index contributed by atoms with van der Waals surface area (Å²) in [5.41, 5.74) is 1.13. The minimum Gasteiger partial charge on any atom is -0.469 e. The topological polar surface area (TPSA) is 53.3 Å². The molecule has 106 valence electrons. The molecule has 1 heterocycles. The zero-order valence-electron chi connectivity index (χ0n) is 11.6. The van der Waals surface area contributed by atoms with Gasteiger partial charge in [0.2, 0.25) is 0 Å². The SMILES string of the molecule is COC(=O)C1CN(Cc2cc(F)ccc2C#N)CC1C. The van der Waals surface area contributed by atoms with Crippen LogP contribution in [0.1, 0.15) is 18.1 Å². The molecule has 1 aliphatic heterocycles. The van der Waals surface area contributed by atoms with E-state index in [0.717, 1.165) is 6.54 Å². The first-order valence-corrected chi connectivity index (χ1v) is 6.54. The number of rotatable bonds is 3. The third-order valence-electron chi connectivity index (χ3n) is 3.77. The van der Waals surface area contributed by atoms with Crippen molar-refractivity contribution in [2.45, 2.75) is 13.5 Å². The quantitative estimate of drug-likeness (QED) is 0.792. The lowest BCUT2D eigenvalue weighted by molar-refractivity contribution is -0.146. The Balaban J connectivity index is 2.11. The molecular weight excluding hydrogens is 259 g/mol. The van der Waals surface area contributed by atoms with E-state index in [1.165, 1.54) is 25.3 Å². The van der Waals surface area contributed by atoms with Crippen LogP contribution in [-0.2, 0) is 16.1 Å². The third kappa shape index (κ3) is 2.97. The van der Waals surface area contributed by atoms with Crippen LogP contribution in [0.15, 0.2) is 18.2 Å². The highest BCUT2D eigenvalue weighted by molar-refractivity contribution is 5.73. The monoisotopic (exact) mass is 276 g/mol. The van der Waals surface area contributed by atoms with Crippen molar-refractivity contribution in [1.29, 1.82) is 5.26 Å². The van der Waals surface area contributed by atoms with Gasteiger partial charge in [-0.1, -0.05) is 6.92 Å². The molecular formula is C15H17FN2O2. The number of ether oxygens (including phenoxy) is 1. The fourth-order valence-corrected chi connectivity index (χ4v) is 2.70. The number of benzene rings is 1. The van der Waals surface area contributed by atoms with Crippen LogP contribution in [0.3, 0.4) is 0 Å². The lowest BCUT2D eigenvalue weighted by atomic mass is 9.99. The van der Waals surface area contributed by atoms with Gasteiger partial charge >= 0.3 is 5.97 Å². The molecule has 1 aromatic carbocycles. The summed E-state index contributed by atoms with van der Waals surface area (Å²) in [5, 5.41) is 9.05. The van der Waals surface area contributed by atoms with Crippen molar-refractivity contribution >= 4 is 5.97 Å². The number of carbonyl (C=O) groups excluding carboxylic acids is 1. The van der Waals surface area contributed by atoms with E-state index < -0.39 is 0 Å². The summed E-state index contributed by atoms with van der Waals surface area (Å²) in [6.45, 7) is 3.78. The Morgan fingerprint density at radius 1 is 1.55 bits per heavy atom. The molecule has 0 aromatic heterocycles. The molecule has 0 spiro atoms. The molecule has 1 aromatic rings. The van der Waals surface area contributed by atoms with E-state index in [1.54, 1.807) is 0 Å². The summed E-state index contributed by atoms with van der Waals surface area (Å²) in [5.74, 6) is -0.517. The van der Waals surface area contributed by atoms with Crippen LogP contribution in [0, 0.1) is 29.0 Å². The van der Waals surface area contributed by atoms with Crippen LogP contribution in [0.2, 0.25) is 0 Å². The minimum atomic E-state index is -0.351. The first-order valence-electron chi connectivity index (χ1n) is 6.54. The number of carbonyl (C=O) groups is 1. The number of likely N-dealkylation sites (tertiary alicyclic amines) is 1. The van der Waals surface area contributed by atoms with Crippen molar-refractivity contribution in [3.05, 3.63) is 35.1 Å². The number of methoxy groups -OCH3 is 1. The highest BCUT2D eigenvalue weighted by atomic mass is 19.1. The van der Waals surface area contributed by atoms with Crippen molar-refractivity contribution in [1.82, 2.24) is 4.90 Å². The second kappa shape index (κ2) is 6.02. The Morgan fingerprint density at radius 3 is 2.95 bits per heavy atom. The standard InChI is InChI=1S/C15H17FN2O2/c1-10-7-18(9-14(10)15(19)20-2)8-12-5-13(16)4-3-11(12)6-17/h3-5,10,14H,7-9H2,1-2H3. The smallest absolute Gasteiger partial charge is 0.310 e. The molecule has 1 saturated heterocycles. The summed E-state index contributed by atoms with van der Waals surface area (Å²) in [6, 6.07) is 6.22. The average Bonchev–Trinajstić information content (AvgIpc) is 2.79. The average molecular weight is 276 g/mol. The number of nitrogens with zero attached hydrogens (tertiary/aromatic N) is 2. The molecule has 4 nitrogen and oxygen atoms in total. The van der Waals surface area contributed by atoms with E-state index in [2.05, 4.69) is 11.0 Å². The number of nitriles is 1. The third-order valence-corrected chi connectivity index (χ3v) is 3.77. The van der Waals surface area contributed by atoms with Gasteiger partial charge in [-0.25, -0.2) is 4.39 Å². The summed E-state index contributed by atoms with van der Waals surface area (Å²) in [4.78, 5) is 13.7. The summed E-state index contributed by atoms with van der Waals surface area (Å²) < 4.78 is 18.1. The van der Waals surface area contributed by atoms with E-state index in [-0.39, 0.29) is 23.6 Å². The van der Waals surface area contributed by atoms with Gasteiger partial charge in [-0.15, -0.1) is 0 Å². The number of halogens is 1. The second-order valence-electron chi connectivity index (χ2n) is 5.21. The van der Waals surface area contributed by atoms with Crippen molar-refractivity contribution in [3.63, 3.8) is 0 Å². The zero-order valence-corrected chi connectivity index (χ0v) is 11.6. The van der Waals surface area contributed by atoms with E-state index >= 15 is 0 Å². The maximum Gasteiger partial charge on any atom is 0.310 e. The maximum atomic E-state index is 13.3. The van der Waals surface area contributed by atoms with Gasteiger partial charge in [-0.2, -0.15) is 5.26 Å². The number of hydrogen-bond donors (Lipinski definition) is 0. The van der Waals surface area contributed by atoms with Gasteiger partial charge in [0, 0.05) is 19.6 Å². The van der Waals surface area contributed by atoms with E-state index in [0.29, 0.717) is 24.2 Å². The van der Waals surface area contributed by atoms with Gasteiger partial charge in [0.05, 0.1) is 24.7 Å². The molecule has 0 aliphatic carbocycles. The van der Waals surface area contributed by atoms with E-state index in [9.17, 15) is 9.18 Å². The number of esters is 1. The van der Waals surface area contributed by atoms with Crippen LogP contribution >= 0.6 is 0 Å². The Morgan fingerprint density at radius 2 is 2.30 bits per heavy atom. The highest BCUT2D eigenvalue weighted by Gasteiger charge is 2.35. The molecule has 1 fully saturated rings. The van der Waals surface area contributed by atoms with Gasteiger partial charge in [-0.05, 0) is 29.7 Å². The first-order chi connectivity index (χ1) is 9.55. The molecule has 0 amide bonds. The molecule has 0 N–H and O–H groups in total. The van der Waals surface area contributed by atoms with Gasteiger partial charge in [0.15, 0.2) is 0 Å². The predicted octanol–water partition coefficient (Wildman–Crippen LogP) is 1.94. The van der Waals surface area contributed by atoms with Gasteiger partial charge < -0.3 is 4.74 Å². The van der Waals surface area contributed by atoms with Crippen LogP contribution < -0.4 is 0 Å². The van der Waals surface area contributed by atoms with Crippen LogP contribution in [-0.4, -0.2) is 31.1 Å². The Hall–Kier alpha value is -1.93. The van der Waals surface area contributed by atoms with Crippen LogP contribution in [0.25, 0.3) is 0 Å². The molecule has 0 saturated carbocycles. The molecule has 0 bridgehead atoms. The highest BCUT2D eigenvalue weighted by Crippen LogP contribution is 2.26. The summed E-state index contributed by atoms with van der Waals surface area (Å²) >= 11 is 0. The number of hydrogen-bond acceptors (Lipinski definition) is 4. The van der Waals surface area contributed by atoms with Gasteiger partial charge in [-0.3, -0.25) is 9.69 Å². The lowest BCUT2D eigenvalue weighted by Gasteiger charge is -2.16. The molecule has 1 aliphatic rings. The summed E-state index contributed by atoms with van der Waals surface area (Å²) in [7, 11) is 1.39. The largest absolute Gasteiger partial charge is 0.469 e. The molecule has 2 rings (SSSR count). The first kappa shape index (κ1) is 14.5. The van der Waals surface area contributed by atoms with Gasteiger partial charge in [0.25, 0.3) is 0 Å². The molecule has 20 heavy (non-hydrogen) atoms. The molecule has 5 heteroatoms. The van der Waals surface area contributed by atoms with Crippen molar-refractivity contribution in [2.75, 3.05) is 20.2 Å². The van der Waals surface area contributed by atoms with Crippen LogP contribution in [0.4, 0.5) is 4.39 Å². The van der Waals surface area contributed by atoms with E-state index in [4.69, 9.17) is 10.00 Å². The summed E-state index contributed by atoms with van der Waals surface area (Å²) in [6.07, 6.45) is 0. The van der Waals surface area contributed by atoms with Crippen molar-refractivity contribution < 1.29 is 13.9 Å².